The maximum Gasteiger partial charge on any atom is 0.255 e. The second kappa shape index (κ2) is 8.12. The van der Waals surface area contributed by atoms with Crippen LogP contribution in [0.3, 0.4) is 0 Å². The van der Waals surface area contributed by atoms with Crippen LogP contribution in [0.2, 0.25) is 0 Å². The number of benzene rings is 2. The molecule has 0 unspecified atom stereocenters. The van der Waals surface area contributed by atoms with Gasteiger partial charge in [-0.15, -0.1) is 11.8 Å². The number of halogens is 4. The molecule has 7 heteroatoms. The van der Waals surface area contributed by atoms with Gasteiger partial charge in [0, 0.05) is 33.5 Å². The average Bonchev–Trinajstić information content (AvgIpc) is 2.62. The van der Waals surface area contributed by atoms with Gasteiger partial charge < -0.3 is 5.32 Å². The summed E-state index contributed by atoms with van der Waals surface area (Å²) in [6.45, 7) is 0. The molecule has 1 amide bonds. The van der Waals surface area contributed by atoms with E-state index in [-0.39, 0.29) is 11.3 Å². The highest BCUT2D eigenvalue weighted by Crippen LogP contribution is 2.35. The third-order valence-electron chi connectivity index (χ3n) is 4.28. The number of rotatable bonds is 4. The molecule has 0 aliphatic heterocycles. The molecule has 2 nitrogen and oxygen atoms in total. The van der Waals surface area contributed by atoms with Crippen LogP contribution in [0.5, 0.6) is 0 Å². The van der Waals surface area contributed by atoms with Gasteiger partial charge in [0.25, 0.3) is 5.91 Å². The van der Waals surface area contributed by atoms with Crippen LogP contribution in [0.4, 0.5) is 23.2 Å². The average molecular weight is 383 g/mol. The summed E-state index contributed by atoms with van der Waals surface area (Å²) < 4.78 is 53.6. The lowest BCUT2D eigenvalue weighted by Gasteiger charge is -2.21. The Morgan fingerprint density at radius 2 is 1.58 bits per heavy atom. The second-order valence-corrected chi connectivity index (χ2v) is 7.57. The van der Waals surface area contributed by atoms with Crippen molar-refractivity contribution in [3.05, 3.63) is 59.2 Å². The van der Waals surface area contributed by atoms with Gasteiger partial charge >= 0.3 is 0 Å². The largest absolute Gasteiger partial charge is 0.322 e. The molecule has 1 aliphatic rings. The van der Waals surface area contributed by atoms with Crippen molar-refractivity contribution in [1.82, 2.24) is 0 Å². The van der Waals surface area contributed by atoms with Crippen molar-refractivity contribution in [3.63, 3.8) is 0 Å². The first-order chi connectivity index (χ1) is 12.4. The van der Waals surface area contributed by atoms with Gasteiger partial charge in [-0.1, -0.05) is 19.3 Å². The number of hydrogen-bond acceptors (Lipinski definition) is 2. The fourth-order valence-corrected chi connectivity index (χ4v) is 4.23. The quantitative estimate of drug-likeness (QED) is 0.524. The van der Waals surface area contributed by atoms with E-state index in [4.69, 9.17) is 0 Å². The van der Waals surface area contributed by atoms with Gasteiger partial charge in [0.1, 0.15) is 5.82 Å². The van der Waals surface area contributed by atoms with Gasteiger partial charge in [-0.05, 0) is 31.0 Å². The lowest BCUT2D eigenvalue weighted by Crippen LogP contribution is -2.13. The molecule has 1 saturated carbocycles. The molecule has 0 radical (unpaired) electrons. The summed E-state index contributed by atoms with van der Waals surface area (Å²) >= 11 is 1.41. The summed E-state index contributed by atoms with van der Waals surface area (Å²) in [5, 5.41) is 2.62. The summed E-state index contributed by atoms with van der Waals surface area (Å²) in [5.74, 6) is -5.45. The highest BCUT2D eigenvalue weighted by Gasteiger charge is 2.18. The van der Waals surface area contributed by atoms with E-state index in [9.17, 15) is 22.4 Å². The van der Waals surface area contributed by atoms with Gasteiger partial charge in [-0.25, -0.2) is 17.6 Å². The molecule has 0 spiro atoms. The molecule has 3 rings (SSSR count). The minimum atomic E-state index is -1.60. The molecule has 2 aromatic rings. The van der Waals surface area contributed by atoms with Crippen molar-refractivity contribution >= 4 is 23.4 Å². The minimum Gasteiger partial charge on any atom is -0.322 e. The zero-order chi connectivity index (χ0) is 18.7. The molecule has 1 fully saturated rings. The first kappa shape index (κ1) is 18.8. The number of nitrogens with one attached hydrogen (secondary N) is 1. The van der Waals surface area contributed by atoms with Crippen molar-refractivity contribution in [2.45, 2.75) is 42.2 Å². The van der Waals surface area contributed by atoms with Crippen LogP contribution in [0.15, 0.2) is 35.2 Å². The van der Waals surface area contributed by atoms with Crippen molar-refractivity contribution in [1.29, 1.82) is 0 Å². The van der Waals surface area contributed by atoms with Crippen LogP contribution in [-0.4, -0.2) is 11.2 Å². The van der Waals surface area contributed by atoms with Gasteiger partial charge in [-0.2, -0.15) is 0 Å². The van der Waals surface area contributed by atoms with E-state index in [1.807, 2.05) is 0 Å². The number of thioether (sulfide) groups is 1. The molecule has 26 heavy (non-hydrogen) atoms. The third kappa shape index (κ3) is 4.38. The van der Waals surface area contributed by atoms with Crippen LogP contribution < -0.4 is 5.32 Å². The lowest BCUT2D eigenvalue weighted by atomic mass is 10.0. The highest BCUT2D eigenvalue weighted by molar-refractivity contribution is 8.00. The highest BCUT2D eigenvalue weighted by atomic mass is 32.2. The summed E-state index contributed by atoms with van der Waals surface area (Å²) in [4.78, 5) is 12.7. The van der Waals surface area contributed by atoms with E-state index in [0.717, 1.165) is 25.7 Å². The van der Waals surface area contributed by atoms with Crippen LogP contribution in [0, 0.1) is 23.3 Å². The predicted octanol–water partition coefficient (Wildman–Crippen LogP) is 5.92. The summed E-state index contributed by atoms with van der Waals surface area (Å²) in [7, 11) is 0. The maximum atomic E-state index is 14.1. The van der Waals surface area contributed by atoms with Gasteiger partial charge in [-0.3, -0.25) is 4.79 Å². The number of anilines is 1. The van der Waals surface area contributed by atoms with Gasteiger partial charge in [0.05, 0.1) is 0 Å². The van der Waals surface area contributed by atoms with E-state index in [1.54, 1.807) is 0 Å². The van der Waals surface area contributed by atoms with Crippen molar-refractivity contribution in [2.75, 3.05) is 5.32 Å². The SMILES string of the molecule is O=C(Nc1cc(F)c(F)c(F)c1)c1ccc(F)c(SC2CCCCC2)c1. The number of amides is 1. The molecule has 138 valence electrons. The summed E-state index contributed by atoms with van der Waals surface area (Å²) in [6.07, 6.45) is 5.43. The van der Waals surface area contributed by atoms with Crippen LogP contribution >= 0.6 is 11.8 Å². The van der Waals surface area contributed by atoms with Crippen LogP contribution in [0.1, 0.15) is 42.5 Å². The molecule has 0 heterocycles. The van der Waals surface area contributed by atoms with Crippen molar-refractivity contribution in [2.24, 2.45) is 0 Å². The fraction of sp³-hybridized carbons (Fsp3) is 0.316. The normalized spacial score (nSPS) is 15.1. The van der Waals surface area contributed by atoms with Crippen molar-refractivity contribution in [3.8, 4) is 0 Å². The zero-order valence-corrected chi connectivity index (χ0v) is 14.6. The Hall–Kier alpha value is -2.02. The molecular weight excluding hydrogens is 366 g/mol. The molecule has 2 aromatic carbocycles. The minimum absolute atomic E-state index is 0.162. The molecule has 1 N–H and O–H groups in total. The Bertz CT molecular complexity index is 798. The third-order valence-corrected chi connectivity index (χ3v) is 5.65. The first-order valence-electron chi connectivity index (χ1n) is 8.36. The summed E-state index contributed by atoms with van der Waals surface area (Å²) in [5.41, 5.74) is -0.0490. The van der Waals surface area contributed by atoms with E-state index in [2.05, 4.69) is 5.32 Å². The Morgan fingerprint density at radius 3 is 2.23 bits per heavy atom. The second-order valence-electron chi connectivity index (χ2n) is 6.23. The molecule has 0 aromatic heterocycles. The molecule has 0 bridgehead atoms. The summed E-state index contributed by atoms with van der Waals surface area (Å²) in [6, 6.07) is 5.31. The standard InChI is InChI=1S/C19H17F4NOS/c20-14-7-6-11(8-17(14)26-13-4-2-1-3-5-13)19(25)24-12-9-15(21)18(23)16(22)10-12/h6-10,13H,1-5H2,(H,24,25). The molecule has 0 atom stereocenters. The first-order valence-corrected chi connectivity index (χ1v) is 9.24. The number of carbonyl (C=O) groups is 1. The van der Waals surface area contributed by atoms with E-state index < -0.39 is 29.2 Å². The Balaban J connectivity index is 1.76. The van der Waals surface area contributed by atoms with Crippen molar-refractivity contribution < 1.29 is 22.4 Å². The van der Waals surface area contributed by atoms with E-state index in [0.29, 0.717) is 22.3 Å². The number of hydrogen-bond donors (Lipinski definition) is 1. The van der Waals surface area contributed by atoms with Gasteiger partial charge in [0.2, 0.25) is 0 Å². The smallest absolute Gasteiger partial charge is 0.255 e. The Kier molecular flexibility index (Phi) is 5.86. The zero-order valence-electron chi connectivity index (χ0n) is 13.8. The topological polar surface area (TPSA) is 29.1 Å². The lowest BCUT2D eigenvalue weighted by molar-refractivity contribution is 0.102. The Labute approximate surface area is 153 Å². The fourth-order valence-electron chi connectivity index (χ4n) is 2.93. The maximum absolute atomic E-state index is 14.1. The number of carbonyl (C=O) groups excluding carboxylic acids is 1. The predicted molar refractivity (Wildman–Crippen MR) is 93.4 cm³/mol. The molecule has 1 aliphatic carbocycles. The van der Waals surface area contributed by atoms with Crippen LogP contribution in [-0.2, 0) is 0 Å². The molecular formula is C19H17F4NOS. The van der Waals surface area contributed by atoms with Crippen LogP contribution in [0.25, 0.3) is 0 Å². The van der Waals surface area contributed by atoms with E-state index >= 15 is 0 Å². The molecule has 0 saturated heterocycles. The Morgan fingerprint density at radius 1 is 0.923 bits per heavy atom. The van der Waals surface area contributed by atoms with Gasteiger partial charge in [0.15, 0.2) is 17.5 Å². The van der Waals surface area contributed by atoms with E-state index in [1.165, 1.54) is 36.4 Å². The monoisotopic (exact) mass is 383 g/mol.